The molecule has 0 amide bonds. The lowest BCUT2D eigenvalue weighted by atomic mass is 10.1. The fraction of sp³-hybridized carbons (Fsp3) is 0.622. The zero-order valence-corrected chi connectivity index (χ0v) is 33.9. The van der Waals surface area contributed by atoms with Gasteiger partial charge in [-0.2, -0.15) is 0 Å². The van der Waals surface area contributed by atoms with E-state index in [1.165, 1.54) is 19.3 Å². The lowest BCUT2D eigenvalue weighted by Gasteiger charge is -2.34. The second kappa shape index (κ2) is 35.5. The second-order valence-electron chi connectivity index (χ2n) is 14.2. The van der Waals surface area contributed by atoms with Crippen LogP contribution in [0.2, 0.25) is 0 Å². The Morgan fingerprint density at radius 2 is 1.09 bits per heavy atom. The number of carbonyl (C=O) groups is 3. The number of esters is 2. The molecule has 0 aromatic rings. The van der Waals surface area contributed by atoms with E-state index in [9.17, 15) is 19.5 Å². The van der Waals surface area contributed by atoms with Crippen molar-refractivity contribution in [1.29, 1.82) is 0 Å². The van der Waals surface area contributed by atoms with Gasteiger partial charge >= 0.3 is 11.9 Å². The highest BCUT2D eigenvalue weighted by molar-refractivity contribution is 5.70. The van der Waals surface area contributed by atoms with E-state index >= 15 is 0 Å². The normalized spacial score (nSPS) is 13.9. The molecule has 0 rings (SSSR count). The van der Waals surface area contributed by atoms with Crippen LogP contribution in [-0.4, -0.2) is 75.5 Å². The fourth-order valence-electron chi connectivity index (χ4n) is 5.30. The molecule has 0 fully saturated rings. The predicted molar refractivity (Wildman–Crippen MR) is 217 cm³/mol. The maximum atomic E-state index is 12.7. The van der Waals surface area contributed by atoms with Gasteiger partial charge in [-0.05, 0) is 57.8 Å². The minimum Gasteiger partial charge on any atom is -0.544 e. The number of quaternary nitrogens is 1. The summed E-state index contributed by atoms with van der Waals surface area (Å²) in [4.78, 5) is 36.7. The molecule has 0 saturated heterocycles. The Kier molecular flexibility index (Phi) is 33.2. The van der Waals surface area contributed by atoms with Gasteiger partial charge in [-0.3, -0.25) is 9.59 Å². The Labute approximate surface area is 323 Å². The lowest BCUT2D eigenvalue weighted by molar-refractivity contribution is -0.889. The van der Waals surface area contributed by atoms with Crippen molar-refractivity contribution in [1.82, 2.24) is 0 Å². The van der Waals surface area contributed by atoms with E-state index in [2.05, 4.69) is 50.3 Å². The molecule has 8 nitrogen and oxygen atoms in total. The predicted octanol–water partition coefficient (Wildman–Crippen LogP) is 9.24. The van der Waals surface area contributed by atoms with Crippen LogP contribution < -0.4 is 5.11 Å². The van der Waals surface area contributed by atoms with Crippen molar-refractivity contribution in [2.75, 3.05) is 41.0 Å². The number of ether oxygens (including phenoxy) is 3. The van der Waals surface area contributed by atoms with E-state index in [4.69, 9.17) is 14.2 Å². The van der Waals surface area contributed by atoms with Crippen molar-refractivity contribution < 1.29 is 38.2 Å². The average Bonchev–Trinajstić information content (AvgIpc) is 3.11. The molecule has 0 bridgehead atoms. The molecule has 0 aliphatic heterocycles. The average molecular weight is 740 g/mol. The maximum Gasteiger partial charge on any atom is 0.306 e. The topological polar surface area (TPSA) is 102 Å². The number of aliphatic carboxylic acids is 1. The summed E-state index contributed by atoms with van der Waals surface area (Å²) in [5.41, 5.74) is 0. The Balaban J connectivity index is 4.51. The first-order valence-electron chi connectivity index (χ1n) is 20.2. The minimum absolute atomic E-state index is 0.0180. The van der Waals surface area contributed by atoms with Crippen molar-refractivity contribution in [3.63, 3.8) is 0 Å². The van der Waals surface area contributed by atoms with E-state index < -0.39 is 18.1 Å². The van der Waals surface area contributed by atoms with E-state index in [1.54, 1.807) is 21.1 Å². The molecule has 0 aromatic heterocycles. The number of carbonyl (C=O) groups excluding carboxylic acids is 3. The number of likely N-dealkylation sites (N-methyl/N-ethyl adjacent to an activating group) is 1. The third-order valence-electron chi connectivity index (χ3n) is 8.41. The van der Waals surface area contributed by atoms with Crippen molar-refractivity contribution in [2.24, 2.45) is 0 Å². The summed E-state index contributed by atoms with van der Waals surface area (Å²) in [6.45, 7) is 4.33. The molecule has 8 heteroatoms. The van der Waals surface area contributed by atoms with Crippen LogP contribution in [0.15, 0.2) is 85.1 Å². The van der Waals surface area contributed by atoms with Gasteiger partial charge in [0.1, 0.15) is 12.6 Å². The van der Waals surface area contributed by atoms with Gasteiger partial charge in [-0.15, -0.1) is 0 Å². The number of allylic oxidation sites excluding steroid dienone is 14. The monoisotopic (exact) mass is 740 g/mol. The summed E-state index contributed by atoms with van der Waals surface area (Å²) >= 11 is 0. The van der Waals surface area contributed by atoms with Gasteiger partial charge < -0.3 is 28.6 Å². The number of rotatable bonds is 34. The molecule has 300 valence electrons. The molecule has 0 saturated carbocycles. The molecule has 0 spiro atoms. The smallest absolute Gasteiger partial charge is 0.306 e. The number of hydrogen-bond acceptors (Lipinski definition) is 7. The van der Waals surface area contributed by atoms with Gasteiger partial charge in [0.25, 0.3) is 0 Å². The van der Waals surface area contributed by atoms with Crippen LogP contribution in [0, 0.1) is 0 Å². The van der Waals surface area contributed by atoms with Crippen molar-refractivity contribution in [3.8, 4) is 0 Å². The minimum atomic E-state index is -1.14. The van der Waals surface area contributed by atoms with Gasteiger partial charge in [0, 0.05) is 19.3 Å². The Morgan fingerprint density at radius 3 is 1.70 bits per heavy atom. The van der Waals surface area contributed by atoms with Crippen LogP contribution in [0.5, 0.6) is 0 Å². The first-order valence-corrected chi connectivity index (χ1v) is 20.2. The van der Waals surface area contributed by atoms with Crippen LogP contribution in [0.25, 0.3) is 0 Å². The maximum absolute atomic E-state index is 12.7. The van der Waals surface area contributed by atoms with Crippen LogP contribution in [0.3, 0.4) is 0 Å². The Hall–Kier alpha value is -3.49. The Bertz CT molecular complexity index is 1140. The van der Waals surface area contributed by atoms with Crippen LogP contribution >= 0.6 is 0 Å². The molecular weight excluding hydrogens is 666 g/mol. The number of carboxylic acid groups (broad SMARTS) is 1. The second-order valence-corrected chi connectivity index (χ2v) is 14.2. The van der Waals surface area contributed by atoms with Gasteiger partial charge in [-0.25, -0.2) is 0 Å². The first-order chi connectivity index (χ1) is 25.6. The zero-order chi connectivity index (χ0) is 39.3. The van der Waals surface area contributed by atoms with Gasteiger partial charge in [0.05, 0.1) is 40.3 Å². The molecule has 0 aromatic carbocycles. The van der Waals surface area contributed by atoms with Crippen LogP contribution in [0.4, 0.5) is 0 Å². The molecule has 2 unspecified atom stereocenters. The van der Waals surface area contributed by atoms with Gasteiger partial charge in [0.2, 0.25) is 0 Å². The molecule has 0 heterocycles. The van der Waals surface area contributed by atoms with Gasteiger partial charge in [-0.1, -0.05) is 137 Å². The van der Waals surface area contributed by atoms with E-state index in [1.807, 2.05) is 48.6 Å². The highest BCUT2D eigenvalue weighted by atomic mass is 16.6. The number of carboxylic acids is 1. The van der Waals surface area contributed by atoms with Crippen LogP contribution in [-0.2, 0) is 28.6 Å². The quantitative estimate of drug-likeness (QED) is 0.0213. The van der Waals surface area contributed by atoms with E-state index in [0.717, 1.165) is 70.6 Å². The van der Waals surface area contributed by atoms with E-state index in [-0.39, 0.29) is 42.7 Å². The SMILES string of the molecule is CC/C=C/C=C/C=C/C=C/C=C/CCCCCC(=O)OCC(COCCC(C(=O)[O-])[N+](C)(C)C)OC(=O)CCCCCCCCC/C=C/C/C=C/CC. The lowest BCUT2D eigenvalue weighted by Crippen LogP contribution is -2.55. The molecular formula is C45H73NO7. The summed E-state index contributed by atoms with van der Waals surface area (Å²) in [5.74, 6) is -1.82. The summed E-state index contributed by atoms with van der Waals surface area (Å²) in [5, 5.41) is 11.6. The molecule has 0 aliphatic carbocycles. The first kappa shape index (κ1) is 49.5. The molecule has 53 heavy (non-hydrogen) atoms. The highest BCUT2D eigenvalue weighted by Gasteiger charge is 2.25. The van der Waals surface area contributed by atoms with Crippen molar-refractivity contribution >= 4 is 17.9 Å². The third-order valence-corrected chi connectivity index (χ3v) is 8.41. The third kappa shape index (κ3) is 34.1. The summed E-state index contributed by atoms with van der Waals surface area (Å²) in [6, 6.07) is -0.738. The number of nitrogens with zero attached hydrogens (tertiary/aromatic N) is 1. The van der Waals surface area contributed by atoms with Crippen molar-refractivity contribution in [2.45, 2.75) is 142 Å². The molecule has 0 N–H and O–H groups in total. The van der Waals surface area contributed by atoms with E-state index in [0.29, 0.717) is 19.3 Å². The molecule has 0 radical (unpaired) electrons. The molecule has 0 aliphatic rings. The summed E-state index contributed by atoms with van der Waals surface area (Å²) < 4.78 is 17.1. The fourth-order valence-corrected chi connectivity index (χ4v) is 5.30. The molecule has 2 atom stereocenters. The summed E-state index contributed by atoms with van der Waals surface area (Å²) in [7, 11) is 5.37. The number of unbranched alkanes of at least 4 members (excludes halogenated alkanes) is 10. The van der Waals surface area contributed by atoms with Gasteiger partial charge in [0.15, 0.2) is 6.10 Å². The highest BCUT2D eigenvalue weighted by Crippen LogP contribution is 2.13. The van der Waals surface area contributed by atoms with Crippen molar-refractivity contribution in [3.05, 3.63) is 85.1 Å². The Morgan fingerprint density at radius 1 is 0.585 bits per heavy atom. The standard InChI is InChI=1S/C45H73NO7/c1-6-8-10-12-14-16-18-20-22-24-25-27-29-31-33-35-43(47)52-40-41(39-51-38-37-42(45(49)50)46(3,4)5)53-44(48)36-34-32-30-28-26-23-21-19-17-15-13-11-9-7-2/h8-12,14-18,20,22,24-25,41-42H,6-7,13,19,21,23,26-40H2,1-5H3/b10-8+,11-9+,14-12+,17-15+,18-16+,22-20+,25-24+. The zero-order valence-electron chi connectivity index (χ0n) is 33.9. The number of hydrogen-bond donors (Lipinski definition) is 0. The largest absolute Gasteiger partial charge is 0.544 e. The van der Waals surface area contributed by atoms with Crippen LogP contribution in [0.1, 0.15) is 129 Å². The summed E-state index contributed by atoms with van der Waals surface area (Å²) in [6.07, 6.45) is 44.6.